The van der Waals surface area contributed by atoms with E-state index in [1.54, 1.807) is 11.8 Å². The van der Waals surface area contributed by atoms with Gasteiger partial charge in [0.25, 0.3) is 0 Å². The van der Waals surface area contributed by atoms with E-state index in [2.05, 4.69) is 77.1 Å². The monoisotopic (exact) mass is 546 g/mol. The third-order valence-corrected chi connectivity index (χ3v) is 6.81. The molecule has 0 amide bonds. The molecule has 0 atom stereocenters. The fraction of sp³-hybridized carbons (Fsp3) is 0.312. The minimum atomic E-state index is 0.398. The summed E-state index contributed by atoms with van der Waals surface area (Å²) in [6.07, 6.45) is 1.48. The van der Waals surface area contributed by atoms with Gasteiger partial charge in [0.05, 0.1) is 12.2 Å². The fourth-order valence-electron chi connectivity index (χ4n) is 2.83. The van der Waals surface area contributed by atoms with Crippen LogP contribution in [-0.2, 0) is 6.54 Å². The number of hydrogen-bond donors (Lipinski definition) is 1. The summed E-state index contributed by atoms with van der Waals surface area (Å²) >= 11 is 7.46. The van der Waals surface area contributed by atoms with Crippen LogP contribution < -0.4 is 15.4 Å². The number of hydrogen-bond acceptors (Lipinski definition) is 7. The highest BCUT2D eigenvalue weighted by molar-refractivity contribution is 14.1. The molecule has 0 spiro atoms. The number of nitrogens with zero attached hydrogens (tertiary/aromatic N) is 5. The summed E-state index contributed by atoms with van der Waals surface area (Å²) < 4.78 is 9.07. The number of fused-ring (bicyclic) bond motifs is 2. The summed E-state index contributed by atoms with van der Waals surface area (Å²) in [4.78, 5) is 16.4. The minimum absolute atomic E-state index is 0.398. The van der Waals surface area contributed by atoms with Gasteiger partial charge in [0.1, 0.15) is 18.7 Å². The molecule has 2 aromatic heterocycles. The Bertz CT molecular complexity index is 981. The van der Waals surface area contributed by atoms with E-state index in [1.165, 1.54) is 6.33 Å². The Morgan fingerprint density at radius 1 is 1.38 bits per heavy atom. The number of anilines is 2. The highest BCUT2D eigenvalue weighted by atomic mass is 127. The zero-order valence-electron chi connectivity index (χ0n) is 13.9. The lowest BCUT2D eigenvalue weighted by Crippen LogP contribution is -2.28. The molecule has 0 unspecified atom stereocenters. The van der Waals surface area contributed by atoms with Gasteiger partial charge in [-0.2, -0.15) is 0 Å². The Kier molecular flexibility index (Phi) is 5.15. The number of nitrogens with two attached hydrogens (primary N) is 1. The van der Waals surface area contributed by atoms with Crippen molar-refractivity contribution in [2.24, 2.45) is 0 Å². The van der Waals surface area contributed by atoms with E-state index in [9.17, 15) is 0 Å². The van der Waals surface area contributed by atoms with Crippen LogP contribution in [0.25, 0.3) is 11.2 Å². The molecule has 1 aromatic carbocycles. The molecule has 10 heteroatoms. The molecule has 0 fully saturated rings. The number of aromatic nitrogens is 4. The van der Waals surface area contributed by atoms with Gasteiger partial charge < -0.3 is 19.9 Å². The number of rotatable bonds is 4. The van der Waals surface area contributed by atoms with E-state index in [1.807, 2.05) is 0 Å². The van der Waals surface area contributed by atoms with Crippen LogP contribution >= 0.6 is 50.3 Å². The number of halogens is 2. The lowest BCUT2D eigenvalue weighted by molar-refractivity contribution is 0.310. The van der Waals surface area contributed by atoms with Gasteiger partial charge in [0, 0.05) is 27.4 Å². The van der Waals surface area contributed by atoms with Crippen molar-refractivity contribution in [3.05, 3.63) is 22.0 Å². The van der Waals surface area contributed by atoms with Crippen molar-refractivity contribution >= 4 is 73.0 Å². The van der Waals surface area contributed by atoms with E-state index in [0.717, 1.165) is 49.1 Å². The molecule has 0 bridgehead atoms. The van der Waals surface area contributed by atoms with Gasteiger partial charge in [0.15, 0.2) is 22.1 Å². The normalized spacial score (nSPS) is 13.7. The Morgan fingerprint density at radius 3 is 3.04 bits per heavy atom. The van der Waals surface area contributed by atoms with Crippen molar-refractivity contribution in [1.82, 2.24) is 19.5 Å². The lowest BCUT2D eigenvalue weighted by atomic mass is 10.2. The van der Waals surface area contributed by atoms with Gasteiger partial charge in [-0.25, -0.2) is 15.0 Å². The van der Waals surface area contributed by atoms with Crippen LogP contribution in [0.1, 0.15) is 0 Å². The average molecular weight is 547 g/mol. The van der Waals surface area contributed by atoms with Gasteiger partial charge in [-0.3, -0.25) is 0 Å². The summed E-state index contributed by atoms with van der Waals surface area (Å²) in [6, 6.07) is 4.24. The van der Waals surface area contributed by atoms with E-state index in [-0.39, 0.29) is 0 Å². The second kappa shape index (κ2) is 7.39. The van der Waals surface area contributed by atoms with Gasteiger partial charge >= 0.3 is 0 Å². The van der Waals surface area contributed by atoms with Crippen LogP contribution in [0.15, 0.2) is 28.5 Å². The highest BCUT2D eigenvalue weighted by Crippen LogP contribution is 2.40. The van der Waals surface area contributed by atoms with Crippen LogP contribution in [0.2, 0.25) is 0 Å². The van der Waals surface area contributed by atoms with Crippen molar-refractivity contribution < 1.29 is 4.74 Å². The molecule has 1 aliphatic heterocycles. The molecule has 0 aliphatic carbocycles. The maximum Gasteiger partial charge on any atom is 0.175 e. The molecule has 0 saturated carbocycles. The molecule has 1 aliphatic rings. The molecule has 3 aromatic rings. The zero-order chi connectivity index (χ0) is 18.3. The van der Waals surface area contributed by atoms with Crippen LogP contribution in [0.4, 0.5) is 11.5 Å². The molecule has 4 rings (SSSR count). The number of imidazole rings is 1. The first-order valence-corrected chi connectivity index (χ1v) is 11.0. The van der Waals surface area contributed by atoms with Crippen LogP contribution in [0.5, 0.6) is 5.75 Å². The third kappa shape index (κ3) is 3.22. The lowest BCUT2D eigenvalue weighted by Gasteiger charge is -2.28. The molecule has 0 radical (unpaired) electrons. The second-order valence-corrected chi connectivity index (χ2v) is 8.75. The summed E-state index contributed by atoms with van der Waals surface area (Å²) in [6.45, 7) is 2.34. The number of aryl methyl sites for hydroxylation is 1. The number of likely N-dealkylation sites (N-methyl/N-ethyl adjacent to an activating group) is 1. The first-order chi connectivity index (χ1) is 12.6. The van der Waals surface area contributed by atoms with Crippen molar-refractivity contribution in [3.63, 3.8) is 0 Å². The standard InChI is InChI=1S/C16H16BrIN6OS/c1-23-4-5-25-11-7-12(9(18)6-10(11)23)26-16-22-13-14(19)20-8-21-15(13)24(16)3-2-17/h6-8H,2-5H2,1H3,(H2,19,20,21). The first-order valence-electron chi connectivity index (χ1n) is 7.96. The Labute approximate surface area is 177 Å². The van der Waals surface area contributed by atoms with Gasteiger partial charge in [-0.05, 0) is 34.7 Å². The highest BCUT2D eigenvalue weighted by Gasteiger charge is 2.20. The fourth-order valence-corrected chi connectivity index (χ4v) is 4.91. The molecular weight excluding hydrogens is 531 g/mol. The van der Waals surface area contributed by atoms with Gasteiger partial charge in [-0.1, -0.05) is 27.7 Å². The topological polar surface area (TPSA) is 82.1 Å². The average Bonchev–Trinajstić information content (AvgIpc) is 2.96. The summed E-state index contributed by atoms with van der Waals surface area (Å²) in [5.41, 5.74) is 8.50. The van der Waals surface area contributed by atoms with E-state index < -0.39 is 0 Å². The molecule has 3 heterocycles. The maximum atomic E-state index is 5.99. The van der Waals surface area contributed by atoms with E-state index in [4.69, 9.17) is 15.5 Å². The van der Waals surface area contributed by atoms with Crippen LogP contribution in [-0.4, -0.2) is 45.0 Å². The van der Waals surface area contributed by atoms with Crippen molar-refractivity contribution in [2.75, 3.05) is 36.2 Å². The molecule has 7 nitrogen and oxygen atoms in total. The number of ether oxygens (including phenoxy) is 1. The van der Waals surface area contributed by atoms with Crippen LogP contribution in [0.3, 0.4) is 0 Å². The van der Waals surface area contributed by atoms with Crippen molar-refractivity contribution in [1.29, 1.82) is 0 Å². The molecule has 136 valence electrons. The van der Waals surface area contributed by atoms with Crippen molar-refractivity contribution in [3.8, 4) is 5.75 Å². The van der Waals surface area contributed by atoms with E-state index in [0.29, 0.717) is 17.9 Å². The Balaban J connectivity index is 1.78. The smallest absolute Gasteiger partial charge is 0.175 e. The third-order valence-electron chi connectivity index (χ3n) is 4.14. The predicted molar refractivity (Wildman–Crippen MR) is 116 cm³/mol. The number of benzene rings is 1. The summed E-state index contributed by atoms with van der Waals surface area (Å²) in [5.74, 6) is 1.30. The van der Waals surface area contributed by atoms with Gasteiger partial charge in [-0.15, -0.1) is 0 Å². The largest absolute Gasteiger partial charge is 0.490 e. The maximum absolute atomic E-state index is 5.99. The molecule has 26 heavy (non-hydrogen) atoms. The number of nitrogen functional groups attached to an aromatic ring is 1. The Hall–Kier alpha value is -1.27. The first kappa shape index (κ1) is 18.1. The van der Waals surface area contributed by atoms with Crippen molar-refractivity contribution in [2.45, 2.75) is 16.6 Å². The SMILES string of the molecule is CN1CCOc2cc(Sc3nc4c(N)ncnc4n3CCBr)c(I)cc21. The summed E-state index contributed by atoms with van der Waals surface area (Å²) in [5, 5.41) is 1.64. The Morgan fingerprint density at radius 2 is 2.23 bits per heavy atom. The quantitative estimate of drug-likeness (QED) is 0.397. The predicted octanol–water partition coefficient (Wildman–Crippen LogP) is 3.39. The second-order valence-electron chi connectivity index (χ2n) is 5.79. The van der Waals surface area contributed by atoms with E-state index >= 15 is 0 Å². The minimum Gasteiger partial charge on any atom is -0.490 e. The molecular formula is C16H16BrIN6OS. The number of alkyl halides is 1. The van der Waals surface area contributed by atoms with Gasteiger partial charge in [0.2, 0.25) is 0 Å². The van der Waals surface area contributed by atoms with Crippen LogP contribution in [0, 0.1) is 3.57 Å². The summed E-state index contributed by atoms with van der Waals surface area (Å²) in [7, 11) is 2.08. The molecule has 0 saturated heterocycles. The zero-order valence-corrected chi connectivity index (χ0v) is 18.5. The molecule has 2 N–H and O–H groups in total.